The van der Waals surface area contributed by atoms with Crippen LogP contribution in [-0.4, -0.2) is 23.1 Å². The molecule has 0 spiro atoms. The second-order valence-electron chi connectivity index (χ2n) is 5.55. The van der Waals surface area contributed by atoms with E-state index in [9.17, 15) is 4.79 Å². The predicted octanol–water partition coefficient (Wildman–Crippen LogP) is 2.84. The summed E-state index contributed by atoms with van der Waals surface area (Å²) in [7, 11) is 0. The molecule has 106 valence electrons. The fourth-order valence-electron chi connectivity index (χ4n) is 2.14. The molecule has 1 amide bonds. The van der Waals surface area contributed by atoms with Gasteiger partial charge in [0.1, 0.15) is 5.60 Å². The topological polar surface area (TPSA) is 51.2 Å². The number of rotatable bonds is 4. The van der Waals surface area contributed by atoms with E-state index in [2.05, 4.69) is 24.1 Å². The van der Waals surface area contributed by atoms with Gasteiger partial charge < -0.3 is 10.1 Å². The zero-order valence-electron chi connectivity index (χ0n) is 11.9. The Balaban J connectivity index is 1.88. The second kappa shape index (κ2) is 6.01. The molecule has 5 heteroatoms. The first-order chi connectivity index (χ1) is 9.01. The smallest absolute Gasteiger partial charge is 0.252 e. The molecular formula is C14H22N2O2S. The van der Waals surface area contributed by atoms with E-state index in [4.69, 9.17) is 4.74 Å². The van der Waals surface area contributed by atoms with Gasteiger partial charge in [-0.15, -0.1) is 11.3 Å². The van der Waals surface area contributed by atoms with Crippen LogP contribution in [0.3, 0.4) is 0 Å². The van der Waals surface area contributed by atoms with Gasteiger partial charge in [0, 0.05) is 17.9 Å². The maximum absolute atomic E-state index is 12.2. The molecule has 2 heterocycles. The SMILES string of the molecule is CC(C)c1nc(CNC(=O)[C@@]2(C)CCCCO2)cs1. The Bertz CT molecular complexity index is 436. The van der Waals surface area contributed by atoms with Crippen molar-refractivity contribution >= 4 is 17.2 Å². The highest BCUT2D eigenvalue weighted by Crippen LogP contribution is 2.25. The molecule has 0 radical (unpaired) electrons. The Morgan fingerprint density at radius 3 is 2.95 bits per heavy atom. The first-order valence-corrected chi connectivity index (χ1v) is 7.76. The lowest BCUT2D eigenvalue weighted by atomic mass is 9.95. The van der Waals surface area contributed by atoms with Crippen molar-refractivity contribution in [3.63, 3.8) is 0 Å². The highest BCUT2D eigenvalue weighted by molar-refractivity contribution is 7.09. The van der Waals surface area contributed by atoms with Gasteiger partial charge in [-0.3, -0.25) is 4.79 Å². The molecule has 1 saturated heterocycles. The number of ether oxygens (including phenoxy) is 1. The zero-order valence-corrected chi connectivity index (χ0v) is 12.7. The predicted molar refractivity (Wildman–Crippen MR) is 76.3 cm³/mol. The molecule has 4 nitrogen and oxygen atoms in total. The van der Waals surface area contributed by atoms with E-state index in [-0.39, 0.29) is 5.91 Å². The van der Waals surface area contributed by atoms with Crippen LogP contribution in [0.5, 0.6) is 0 Å². The fourth-order valence-corrected chi connectivity index (χ4v) is 2.97. The molecule has 0 unspecified atom stereocenters. The largest absolute Gasteiger partial charge is 0.365 e. The summed E-state index contributed by atoms with van der Waals surface area (Å²) in [4.78, 5) is 16.7. The quantitative estimate of drug-likeness (QED) is 0.924. The van der Waals surface area contributed by atoms with E-state index in [1.165, 1.54) is 0 Å². The van der Waals surface area contributed by atoms with Crippen LogP contribution in [0.1, 0.15) is 56.7 Å². The zero-order chi connectivity index (χ0) is 13.9. The Morgan fingerprint density at radius 2 is 2.37 bits per heavy atom. The number of amides is 1. The number of nitrogens with zero attached hydrogens (tertiary/aromatic N) is 1. The van der Waals surface area contributed by atoms with Crippen LogP contribution >= 0.6 is 11.3 Å². The molecule has 1 N–H and O–H groups in total. The summed E-state index contributed by atoms with van der Waals surface area (Å²) < 4.78 is 5.63. The van der Waals surface area contributed by atoms with Crippen molar-refractivity contribution in [1.29, 1.82) is 0 Å². The van der Waals surface area contributed by atoms with Gasteiger partial charge in [0.15, 0.2) is 0 Å². The van der Waals surface area contributed by atoms with Gasteiger partial charge in [-0.2, -0.15) is 0 Å². The molecule has 0 aliphatic carbocycles. The number of aromatic nitrogens is 1. The monoisotopic (exact) mass is 282 g/mol. The highest BCUT2D eigenvalue weighted by atomic mass is 32.1. The number of hydrogen-bond donors (Lipinski definition) is 1. The summed E-state index contributed by atoms with van der Waals surface area (Å²) >= 11 is 1.65. The van der Waals surface area contributed by atoms with Crippen molar-refractivity contribution in [1.82, 2.24) is 10.3 Å². The van der Waals surface area contributed by atoms with Crippen molar-refractivity contribution in [2.45, 2.75) is 58.1 Å². The first kappa shape index (κ1) is 14.5. The molecule has 0 bridgehead atoms. The molecule has 0 saturated carbocycles. The molecule has 1 aliphatic heterocycles. The Morgan fingerprint density at radius 1 is 1.58 bits per heavy atom. The molecular weight excluding hydrogens is 260 g/mol. The highest BCUT2D eigenvalue weighted by Gasteiger charge is 2.35. The van der Waals surface area contributed by atoms with E-state index >= 15 is 0 Å². The molecule has 0 aromatic carbocycles. The van der Waals surface area contributed by atoms with Gasteiger partial charge >= 0.3 is 0 Å². The fraction of sp³-hybridized carbons (Fsp3) is 0.714. The summed E-state index contributed by atoms with van der Waals surface area (Å²) in [6.45, 7) is 7.29. The van der Waals surface area contributed by atoms with Gasteiger partial charge in [0.05, 0.1) is 17.2 Å². The number of hydrogen-bond acceptors (Lipinski definition) is 4. The van der Waals surface area contributed by atoms with E-state index in [1.54, 1.807) is 11.3 Å². The number of carbonyl (C=O) groups is 1. The summed E-state index contributed by atoms with van der Waals surface area (Å²) in [6, 6.07) is 0. The van der Waals surface area contributed by atoms with Crippen LogP contribution in [0, 0.1) is 0 Å². The number of carbonyl (C=O) groups excluding carboxylic acids is 1. The van der Waals surface area contributed by atoms with E-state index in [1.807, 2.05) is 12.3 Å². The van der Waals surface area contributed by atoms with Crippen LogP contribution in [0.4, 0.5) is 0 Å². The van der Waals surface area contributed by atoms with Gasteiger partial charge in [0.2, 0.25) is 0 Å². The summed E-state index contributed by atoms with van der Waals surface area (Å²) in [5.41, 5.74) is 0.274. The average molecular weight is 282 g/mol. The molecule has 19 heavy (non-hydrogen) atoms. The molecule has 1 atom stereocenters. The lowest BCUT2D eigenvalue weighted by Gasteiger charge is -2.32. The molecule has 1 fully saturated rings. The Kier molecular flexibility index (Phi) is 4.58. The third kappa shape index (κ3) is 3.54. The normalized spacial score (nSPS) is 23.6. The van der Waals surface area contributed by atoms with Crippen molar-refractivity contribution in [3.05, 3.63) is 16.1 Å². The maximum Gasteiger partial charge on any atom is 0.252 e. The molecule has 1 aromatic rings. The van der Waals surface area contributed by atoms with Crippen molar-refractivity contribution in [2.24, 2.45) is 0 Å². The first-order valence-electron chi connectivity index (χ1n) is 6.88. The summed E-state index contributed by atoms with van der Waals surface area (Å²) in [5.74, 6) is 0.417. The van der Waals surface area contributed by atoms with Gasteiger partial charge in [0.25, 0.3) is 5.91 Å². The van der Waals surface area contributed by atoms with Gasteiger partial charge in [-0.1, -0.05) is 13.8 Å². The average Bonchev–Trinajstić information content (AvgIpc) is 2.85. The molecule has 1 aromatic heterocycles. The minimum Gasteiger partial charge on any atom is -0.365 e. The lowest BCUT2D eigenvalue weighted by Crippen LogP contribution is -2.48. The minimum atomic E-state index is -0.658. The maximum atomic E-state index is 12.2. The second-order valence-corrected chi connectivity index (χ2v) is 6.44. The molecule has 2 rings (SSSR count). The Hall–Kier alpha value is -0.940. The van der Waals surface area contributed by atoms with E-state index in [0.717, 1.165) is 30.0 Å². The van der Waals surface area contributed by atoms with Crippen molar-refractivity contribution < 1.29 is 9.53 Å². The standard InChI is InChI=1S/C14H22N2O2S/c1-10(2)12-16-11(9-19-12)8-15-13(17)14(3)6-4-5-7-18-14/h9-10H,4-8H2,1-3H3,(H,15,17)/t14-/m1/s1. The van der Waals surface area contributed by atoms with E-state index < -0.39 is 5.60 Å². The minimum absolute atomic E-state index is 0.0219. The van der Waals surface area contributed by atoms with Crippen LogP contribution in [-0.2, 0) is 16.1 Å². The summed E-state index contributed by atoms with van der Waals surface area (Å²) in [5, 5.41) is 6.07. The molecule has 1 aliphatic rings. The third-order valence-corrected chi connectivity index (χ3v) is 4.64. The van der Waals surface area contributed by atoms with Crippen molar-refractivity contribution in [3.8, 4) is 0 Å². The van der Waals surface area contributed by atoms with Crippen LogP contribution in [0.15, 0.2) is 5.38 Å². The Labute approximate surface area is 118 Å². The van der Waals surface area contributed by atoms with Crippen molar-refractivity contribution in [2.75, 3.05) is 6.61 Å². The van der Waals surface area contributed by atoms with E-state index in [0.29, 0.717) is 19.1 Å². The summed E-state index contributed by atoms with van der Waals surface area (Å²) in [6.07, 6.45) is 2.90. The van der Waals surface area contributed by atoms with Gasteiger partial charge in [-0.05, 0) is 26.2 Å². The van der Waals surface area contributed by atoms with Crippen LogP contribution < -0.4 is 5.32 Å². The van der Waals surface area contributed by atoms with Gasteiger partial charge in [-0.25, -0.2) is 4.98 Å². The number of thiazole rings is 1. The third-order valence-electron chi connectivity index (χ3n) is 3.44. The number of nitrogens with one attached hydrogen (secondary N) is 1. The van der Waals surface area contributed by atoms with Crippen LogP contribution in [0.25, 0.3) is 0 Å². The lowest BCUT2D eigenvalue weighted by molar-refractivity contribution is -0.150. The van der Waals surface area contributed by atoms with Crippen LogP contribution in [0.2, 0.25) is 0 Å².